The molecule has 0 saturated carbocycles. The smallest absolute Gasteiger partial charge is 0.296 e. The van der Waals surface area contributed by atoms with Gasteiger partial charge in [0.05, 0.1) is 19.3 Å². The summed E-state index contributed by atoms with van der Waals surface area (Å²) >= 11 is 0. The summed E-state index contributed by atoms with van der Waals surface area (Å²) in [5, 5.41) is 13.4. The van der Waals surface area contributed by atoms with Crippen LogP contribution in [0.15, 0.2) is 48.3 Å². The average Bonchev–Trinajstić information content (AvgIpc) is 3.11. The van der Waals surface area contributed by atoms with E-state index in [1.54, 1.807) is 19.2 Å². The summed E-state index contributed by atoms with van der Waals surface area (Å²) in [7, 11) is 3.32. The Morgan fingerprint density at radius 3 is 2.71 bits per heavy atom. The van der Waals surface area contributed by atoms with Crippen molar-refractivity contribution in [1.82, 2.24) is 19.8 Å². The number of aromatic hydroxyl groups is 1. The number of aromatic nitrogens is 2. The van der Waals surface area contributed by atoms with Crippen LogP contribution < -0.4 is 15.8 Å². The first-order chi connectivity index (χ1) is 18.1. The summed E-state index contributed by atoms with van der Waals surface area (Å²) in [5.41, 5.74) is -0.0514. The fourth-order valence-corrected chi connectivity index (χ4v) is 4.34. The molecule has 1 aromatic heterocycles. The molecule has 2 N–H and O–H groups in total. The molecule has 0 bridgehead atoms. The fraction of sp³-hybridized carbons (Fsp3) is 0.407. The van der Waals surface area contributed by atoms with Crippen molar-refractivity contribution < 1.29 is 23.8 Å². The molecule has 38 heavy (non-hydrogen) atoms. The molecule has 1 aliphatic rings. The molecule has 0 spiro atoms. The molecular weight excluding hydrogens is 493 g/mol. The van der Waals surface area contributed by atoms with E-state index in [-0.39, 0.29) is 25.6 Å². The first-order valence-corrected chi connectivity index (χ1v) is 12.4. The third-order valence-electron chi connectivity index (χ3n) is 6.61. The number of carbonyl (C=O) groups is 2. The second-order valence-corrected chi connectivity index (χ2v) is 9.07. The number of anilines is 1. The Labute approximate surface area is 221 Å². The van der Waals surface area contributed by atoms with Crippen molar-refractivity contribution in [2.24, 2.45) is 0 Å². The van der Waals surface area contributed by atoms with Gasteiger partial charge >= 0.3 is 0 Å². The van der Waals surface area contributed by atoms with Gasteiger partial charge in [0.15, 0.2) is 5.69 Å². The van der Waals surface area contributed by atoms with E-state index < -0.39 is 46.7 Å². The van der Waals surface area contributed by atoms with Gasteiger partial charge in [-0.25, -0.2) is 9.37 Å². The zero-order valence-corrected chi connectivity index (χ0v) is 21.9. The molecule has 0 aliphatic carbocycles. The van der Waals surface area contributed by atoms with E-state index in [4.69, 9.17) is 4.74 Å². The van der Waals surface area contributed by atoms with Gasteiger partial charge < -0.3 is 25.0 Å². The van der Waals surface area contributed by atoms with Crippen LogP contribution in [0.5, 0.6) is 5.75 Å². The van der Waals surface area contributed by atoms with Crippen LogP contribution in [0.2, 0.25) is 0 Å². The summed E-state index contributed by atoms with van der Waals surface area (Å²) in [6, 6.07) is 2.98. The van der Waals surface area contributed by atoms with Crippen molar-refractivity contribution in [3.05, 3.63) is 76.8 Å². The first kappa shape index (κ1) is 28.6. The Hall–Kier alpha value is -3.99. The molecule has 0 saturated heterocycles. The van der Waals surface area contributed by atoms with E-state index in [1.807, 2.05) is 11.8 Å². The number of fused-ring (bicyclic) bond motifs is 1. The Bertz CT molecular complexity index is 1280. The number of hydrogen-bond acceptors (Lipinski definition) is 7. The summed E-state index contributed by atoms with van der Waals surface area (Å²) in [5.74, 6) is -2.30. The van der Waals surface area contributed by atoms with Crippen LogP contribution >= 0.6 is 0 Å². The summed E-state index contributed by atoms with van der Waals surface area (Å²) in [6.45, 7) is 9.86. The molecule has 2 heterocycles. The van der Waals surface area contributed by atoms with Gasteiger partial charge in [0.25, 0.3) is 11.5 Å². The number of halogens is 1. The lowest BCUT2D eigenvalue weighted by Crippen LogP contribution is -2.39. The monoisotopic (exact) mass is 527 g/mol. The van der Waals surface area contributed by atoms with Crippen molar-refractivity contribution >= 4 is 17.5 Å². The molecule has 0 unspecified atom stereocenters. The molecule has 3 rings (SSSR count). The summed E-state index contributed by atoms with van der Waals surface area (Å²) < 4.78 is 21.0. The number of ether oxygens (including phenoxy) is 1. The molecule has 2 amide bonds. The lowest BCUT2D eigenvalue weighted by Gasteiger charge is -2.27. The van der Waals surface area contributed by atoms with Crippen LogP contribution in [0.3, 0.4) is 0 Å². The predicted octanol–water partition coefficient (Wildman–Crippen LogP) is 2.70. The Morgan fingerprint density at radius 1 is 1.32 bits per heavy atom. The maximum atomic E-state index is 14.0. The summed E-state index contributed by atoms with van der Waals surface area (Å²) in [6.07, 6.45) is 4.06. The first-order valence-electron chi connectivity index (χ1n) is 12.4. The molecule has 0 radical (unpaired) electrons. The third kappa shape index (κ3) is 5.94. The Morgan fingerprint density at radius 2 is 2.05 bits per heavy atom. The van der Waals surface area contributed by atoms with Gasteiger partial charge in [-0.15, -0.1) is 6.58 Å². The summed E-state index contributed by atoms with van der Waals surface area (Å²) in [4.78, 5) is 46.4. The van der Waals surface area contributed by atoms with E-state index in [1.165, 1.54) is 28.6 Å². The minimum absolute atomic E-state index is 0.00854. The van der Waals surface area contributed by atoms with Gasteiger partial charge in [0.1, 0.15) is 17.7 Å². The maximum absolute atomic E-state index is 14.0. The molecule has 2 aromatic rings. The number of nitrogens with zero attached hydrogens (tertiary/aromatic N) is 4. The maximum Gasteiger partial charge on any atom is 0.296 e. The van der Waals surface area contributed by atoms with E-state index >= 15 is 0 Å². The van der Waals surface area contributed by atoms with Crippen molar-refractivity contribution in [3.8, 4) is 5.75 Å². The van der Waals surface area contributed by atoms with Crippen LogP contribution in [-0.2, 0) is 16.1 Å². The van der Waals surface area contributed by atoms with Gasteiger partial charge in [-0.2, -0.15) is 0 Å². The normalized spacial score (nSPS) is 16.6. The van der Waals surface area contributed by atoms with Crippen LogP contribution in [-0.4, -0.2) is 65.2 Å². The molecule has 2 atom stereocenters. The van der Waals surface area contributed by atoms with Crippen LogP contribution in [0.1, 0.15) is 53.7 Å². The quantitative estimate of drug-likeness (QED) is 0.360. The Balaban J connectivity index is 1.99. The topological polar surface area (TPSA) is 117 Å². The van der Waals surface area contributed by atoms with Crippen LogP contribution in [0.25, 0.3) is 0 Å². The number of hydrogen-bond donors (Lipinski definition) is 2. The largest absolute Gasteiger partial charge is 0.501 e. The van der Waals surface area contributed by atoms with Gasteiger partial charge in [0.2, 0.25) is 11.7 Å². The average molecular weight is 528 g/mol. The fourth-order valence-electron chi connectivity index (χ4n) is 4.34. The third-order valence-corrected chi connectivity index (χ3v) is 6.61. The molecule has 204 valence electrons. The predicted molar refractivity (Wildman–Crippen MR) is 142 cm³/mol. The van der Waals surface area contributed by atoms with Gasteiger partial charge in [-0.05, 0) is 36.6 Å². The highest BCUT2D eigenvalue weighted by Crippen LogP contribution is 2.28. The minimum Gasteiger partial charge on any atom is -0.501 e. The SMILES string of the molecule is C=CCCN(C)c1cc(F)ccc1CNC(=O)c1nc2n(c(=O)c1O)[C@@H](CC)COC[C@H]2N(C)C(=O)C=C. The van der Waals surface area contributed by atoms with E-state index in [2.05, 4.69) is 23.5 Å². The molecule has 1 aliphatic heterocycles. The van der Waals surface area contributed by atoms with Gasteiger partial charge in [-0.3, -0.25) is 19.0 Å². The lowest BCUT2D eigenvalue weighted by atomic mass is 10.1. The molecule has 10 nitrogen and oxygen atoms in total. The molecule has 0 fully saturated rings. The number of carbonyl (C=O) groups excluding carboxylic acids is 2. The van der Waals surface area contributed by atoms with E-state index in [9.17, 15) is 23.9 Å². The van der Waals surface area contributed by atoms with Crippen LogP contribution in [0.4, 0.5) is 10.1 Å². The highest BCUT2D eigenvalue weighted by Gasteiger charge is 2.34. The van der Waals surface area contributed by atoms with Crippen molar-refractivity contribution in [2.75, 3.05) is 38.8 Å². The zero-order valence-electron chi connectivity index (χ0n) is 21.9. The number of likely N-dealkylation sites (N-methyl/N-ethyl adjacent to an activating group) is 1. The molecule has 11 heteroatoms. The number of benzene rings is 1. The highest BCUT2D eigenvalue weighted by atomic mass is 19.1. The van der Waals surface area contributed by atoms with E-state index in [0.29, 0.717) is 30.6 Å². The molecule has 1 aromatic carbocycles. The van der Waals surface area contributed by atoms with Gasteiger partial charge in [-0.1, -0.05) is 25.6 Å². The van der Waals surface area contributed by atoms with E-state index in [0.717, 1.165) is 6.08 Å². The second-order valence-electron chi connectivity index (χ2n) is 9.07. The number of rotatable bonds is 10. The zero-order chi connectivity index (χ0) is 28.0. The second kappa shape index (κ2) is 12.5. The number of nitrogens with one attached hydrogen (secondary N) is 1. The van der Waals surface area contributed by atoms with Gasteiger partial charge in [0, 0.05) is 32.9 Å². The van der Waals surface area contributed by atoms with Crippen molar-refractivity contribution in [1.29, 1.82) is 0 Å². The standard InChI is InChI=1S/C27H34FN5O5/c1-6-9-12-31(4)20-13-18(28)11-10-17(20)14-29-26(36)23-24(35)27(37)33-19(7-2)15-38-16-21(25(33)30-23)32(5)22(34)8-3/h6,8,10-11,13,19,21,35H,1,3,7,9,12,14-16H2,2,4-5H3,(H,29,36)/t19-,21+/m0/s1. The minimum atomic E-state index is -0.800. The van der Waals surface area contributed by atoms with Crippen molar-refractivity contribution in [2.45, 2.75) is 38.4 Å². The van der Waals surface area contributed by atoms with Crippen molar-refractivity contribution in [3.63, 3.8) is 0 Å². The number of amides is 2. The lowest BCUT2D eigenvalue weighted by molar-refractivity contribution is -0.128. The Kier molecular flexibility index (Phi) is 9.40. The highest BCUT2D eigenvalue weighted by molar-refractivity contribution is 5.94. The molecular formula is C27H34FN5O5. The van der Waals surface area contributed by atoms with Crippen LogP contribution in [0, 0.1) is 5.82 Å².